The van der Waals surface area contributed by atoms with Crippen LogP contribution in [0.15, 0.2) is 41.8 Å². The molecule has 34 heavy (non-hydrogen) atoms. The summed E-state index contributed by atoms with van der Waals surface area (Å²) in [6, 6.07) is 4.76. The molecule has 1 aromatic heterocycles. The lowest BCUT2D eigenvalue weighted by Crippen LogP contribution is -2.32. The molecule has 7 nitrogen and oxygen atoms in total. The Morgan fingerprint density at radius 2 is 1.85 bits per heavy atom. The fourth-order valence-corrected chi connectivity index (χ4v) is 3.45. The molecule has 0 unspecified atom stereocenters. The predicted molar refractivity (Wildman–Crippen MR) is 120 cm³/mol. The van der Waals surface area contributed by atoms with Gasteiger partial charge in [0.1, 0.15) is 12.4 Å². The second kappa shape index (κ2) is 12.5. The van der Waals surface area contributed by atoms with Crippen LogP contribution in [-0.2, 0) is 33.6 Å². The fourth-order valence-electron chi connectivity index (χ4n) is 3.45. The monoisotopic (exact) mass is 478 g/mol. The lowest BCUT2D eigenvalue weighted by molar-refractivity contribution is -0.137. The minimum Gasteiger partial charge on any atom is -0.391 e. The van der Waals surface area contributed by atoms with Gasteiger partial charge in [-0.05, 0) is 42.9 Å². The van der Waals surface area contributed by atoms with Crippen LogP contribution >= 0.6 is 0 Å². The zero-order valence-electron chi connectivity index (χ0n) is 19.1. The summed E-state index contributed by atoms with van der Waals surface area (Å²) in [5, 5.41) is 7.06. The second-order valence-corrected chi connectivity index (χ2v) is 8.11. The van der Waals surface area contributed by atoms with Gasteiger partial charge >= 0.3 is 6.18 Å². The van der Waals surface area contributed by atoms with E-state index in [0.29, 0.717) is 54.4 Å². The largest absolute Gasteiger partial charge is 0.416 e. The summed E-state index contributed by atoms with van der Waals surface area (Å²) in [7, 11) is 0. The molecule has 10 heteroatoms. The van der Waals surface area contributed by atoms with Crippen molar-refractivity contribution in [3.63, 3.8) is 0 Å². The number of nitrogens with one attached hydrogen (secondary N) is 1. The average molecular weight is 479 g/mol. The number of alkyl halides is 3. The highest BCUT2D eigenvalue weighted by Gasteiger charge is 2.29. The number of nitrogens with zero attached hydrogens (tertiary/aromatic N) is 3. The Labute approximate surface area is 196 Å². The number of benzene rings is 1. The van der Waals surface area contributed by atoms with E-state index < -0.39 is 11.7 Å². The number of hydrogen-bond donors (Lipinski definition) is 1. The number of oxime groups is 1. The second-order valence-electron chi connectivity index (χ2n) is 8.11. The van der Waals surface area contributed by atoms with Crippen LogP contribution in [0.4, 0.5) is 13.2 Å². The number of aryl methyl sites for hydroxylation is 1. The predicted octanol–water partition coefficient (Wildman–Crippen LogP) is 4.30. The minimum atomic E-state index is -4.37. The van der Waals surface area contributed by atoms with E-state index >= 15 is 0 Å². The van der Waals surface area contributed by atoms with Crippen molar-refractivity contribution >= 4 is 11.6 Å². The van der Waals surface area contributed by atoms with Gasteiger partial charge in [0.2, 0.25) is 5.91 Å². The van der Waals surface area contributed by atoms with Crippen molar-refractivity contribution in [2.24, 2.45) is 11.1 Å². The van der Waals surface area contributed by atoms with Crippen LogP contribution < -0.4 is 5.32 Å². The molecule has 1 N–H and O–H groups in total. The molecule has 1 saturated heterocycles. The summed E-state index contributed by atoms with van der Waals surface area (Å²) >= 11 is 0. The maximum Gasteiger partial charge on any atom is 0.416 e. The number of hydrogen-bond acceptors (Lipinski definition) is 6. The van der Waals surface area contributed by atoms with E-state index in [0.717, 1.165) is 38.2 Å². The van der Waals surface area contributed by atoms with Gasteiger partial charge in [-0.3, -0.25) is 4.79 Å². The summed E-state index contributed by atoms with van der Waals surface area (Å²) in [6.45, 7) is 4.12. The molecule has 2 heterocycles. The third kappa shape index (κ3) is 8.09. The summed E-state index contributed by atoms with van der Waals surface area (Å²) < 4.78 is 43.3. The van der Waals surface area contributed by atoms with Crippen molar-refractivity contribution in [2.45, 2.75) is 51.8 Å². The number of aromatic nitrogens is 2. The molecule has 0 atom stereocenters. The zero-order valence-corrected chi connectivity index (χ0v) is 19.1. The summed E-state index contributed by atoms with van der Waals surface area (Å²) in [4.78, 5) is 26.1. The molecule has 0 bridgehead atoms. The van der Waals surface area contributed by atoms with Crippen LogP contribution in [0.25, 0.3) is 0 Å². The van der Waals surface area contributed by atoms with E-state index in [9.17, 15) is 18.0 Å². The van der Waals surface area contributed by atoms with Gasteiger partial charge in [-0.25, -0.2) is 9.97 Å². The van der Waals surface area contributed by atoms with Gasteiger partial charge in [-0.1, -0.05) is 24.2 Å². The van der Waals surface area contributed by atoms with Crippen molar-refractivity contribution in [3.05, 3.63) is 59.2 Å². The van der Waals surface area contributed by atoms with E-state index in [1.165, 1.54) is 12.1 Å². The molecule has 2 aromatic rings. The van der Waals surface area contributed by atoms with E-state index in [4.69, 9.17) is 9.57 Å². The van der Waals surface area contributed by atoms with Gasteiger partial charge in [0, 0.05) is 50.6 Å². The highest BCUT2D eigenvalue weighted by Crippen LogP contribution is 2.29. The van der Waals surface area contributed by atoms with E-state index in [1.54, 1.807) is 12.4 Å². The van der Waals surface area contributed by atoms with Gasteiger partial charge in [-0.2, -0.15) is 13.2 Å². The molecular weight excluding hydrogens is 449 g/mol. The zero-order chi connectivity index (χ0) is 24.4. The van der Waals surface area contributed by atoms with Crippen LogP contribution in [0, 0.1) is 5.92 Å². The fraction of sp³-hybridized carbons (Fsp3) is 0.500. The molecule has 0 saturated carbocycles. The van der Waals surface area contributed by atoms with Crippen molar-refractivity contribution in [3.8, 4) is 0 Å². The molecular formula is C24H29F3N4O3. The molecule has 0 aliphatic carbocycles. The first-order chi connectivity index (χ1) is 16.3. The van der Waals surface area contributed by atoms with Crippen molar-refractivity contribution < 1.29 is 27.5 Å². The number of amides is 1. The number of carbonyl (C=O) groups excluding carboxylic acids is 1. The van der Waals surface area contributed by atoms with Crippen molar-refractivity contribution in [2.75, 3.05) is 19.8 Å². The van der Waals surface area contributed by atoms with Gasteiger partial charge < -0.3 is 14.9 Å². The molecule has 1 aromatic carbocycles. The van der Waals surface area contributed by atoms with Crippen molar-refractivity contribution in [1.29, 1.82) is 0 Å². The van der Waals surface area contributed by atoms with Crippen LogP contribution in [0.3, 0.4) is 0 Å². The summed E-state index contributed by atoms with van der Waals surface area (Å²) in [6.07, 6.45) is 2.15. The number of ether oxygens (including phenoxy) is 1. The molecule has 3 rings (SSSR count). The molecule has 1 aliphatic heterocycles. The third-order valence-electron chi connectivity index (χ3n) is 5.57. The lowest BCUT2D eigenvalue weighted by Gasteiger charge is -2.22. The molecule has 0 radical (unpaired) electrons. The maximum atomic E-state index is 12.6. The molecule has 1 aliphatic rings. The van der Waals surface area contributed by atoms with Crippen molar-refractivity contribution in [1.82, 2.24) is 15.3 Å². The third-order valence-corrected chi connectivity index (χ3v) is 5.57. The van der Waals surface area contributed by atoms with Gasteiger partial charge in [-0.15, -0.1) is 0 Å². The van der Waals surface area contributed by atoms with E-state index in [1.807, 2.05) is 6.92 Å². The molecule has 1 fully saturated rings. The van der Waals surface area contributed by atoms with Crippen LogP contribution in [0.2, 0.25) is 0 Å². The van der Waals surface area contributed by atoms with E-state index in [-0.39, 0.29) is 12.5 Å². The minimum absolute atomic E-state index is 0.0216. The first-order valence-corrected chi connectivity index (χ1v) is 11.4. The van der Waals surface area contributed by atoms with E-state index in [2.05, 4.69) is 20.4 Å². The van der Waals surface area contributed by atoms with Crippen LogP contribution in [0.5, 0.6) is 0 Å². The Balaban J connectivity index is 1.45. The molecule has 0 spiro atoms. The summed E-state index contributed by atoms with van der Waals surface area (Å²) in [5.41, 5.74) is 1.17. The maximum absolute atomic E-state index is 12.6. The highest BCUT2D eigenvalue weighted by atomic mass is 19.4. The first kappa shape index (κ1) is 25.6. The first-order valence-electron chi connectivity index (χ1n) is 11.4. The van der Waals surface area contributed by atoms with Gasteiger partial charge in [0.05, 0.1) is 11.3 Å². The number of carbonyl (C=O) groups is 1. The Hall–Kier alpha value is -3.01. The smallest absolute Gasteiger partial charge is 0.391 e. The molecule has 184 valence electrons. The SMILES string of the molecule is CC/C(=N\OCc1ccc(C(F)(F)F)cc1)c1cnc(CCC(=O)NCC2CCOCC2)nc1. The van der Waals surface area contributed by atoms with Crippen LogP contribution in [-0.4, -0.2) is 41.3 Å². The quantitative estimate of drug-likeness (QED) is 0.407. The Bertz CT molecular complexity index is 941. The van der Waals surface area contributed by atoms with Gasteiger partial charge in [0.15, 0.2) is 0 Å². The lowest BCUT2D eigenvalue weighted by atomic mass is 10.0. The average Bonchev–Trinajstić information content (AvgIpc) is 2.85. The summed E-state index contributed by atoms with van der Waals surface area (Å²) in [5.74, 6) is 1.01. The highest BCUT2D eigenvalue weighted by molar-refractivity contribution is 5.99. The standard InChI is InChI=1S/C24H29F3N4O3/c1-2-21(31-34-16-18-3-5-20(6-4-18)24(25,26)27)19-14-28-22(29-15-19)7-8-23(32)30-13-17-9-11-33-12-10-17/h3-6,14-15,17H,2,7-13,16H2,1H3,(H,30,32)/b31-21+. The molecule has 1 amide bonds. The number of rotatable bonds is 10. The Kier molecular flexibility index (Phi) is 9.38. The van der Waals surface area contributed by atoms with Gasteiger partial charge in [0.25, 0.3) is 0 Å². The number of halogens is 3. The van der Waals surface area contributed by atoms with Crippen LogP contribution in [0.1, 0.15) is 55.1 Å². The Morgan fingerprint density at radius 3 is 2.47 bits per heavy atom. The topological polar surface area (TPSA) is 85.7 Å². The normalized spacial score (nSPS) is 15.2. The Morgan fingerprint density at radius 1 is 1.18 bits per heavy atom.